The molecule has 2 N–H and O–H groups in total. The highest BCUT2D eigenvalue weighted by atomic mass is 16.3. The van der Waals surface area contributed by atoms with Crippen LogP contribution >= 0.6 is 0 Å². The van der Waals surface area contributed by atoms with Crippen LogP contribution in [0.1, 0.15) is 13.8 Å². The Bertz CT molecular complexity index is 480. The van der Waals surface area contributed by atoms with Gasteiger partial charge < -0.3 is 5.32 Å². The quantitative estimate of drug-likeness (QED) is 0.731. The number of hydrogen-bond acceptors (Lipinski definition) is 4. The molecule has 1 saturated heterocycles. The normalized spacial score (nSPS) is 33.1. The standard InChI is InChI=1S/C14H21N4O/c1-3-16-18-9-11-8-17(19)7-10(2)13(11)12-5-4-6-15-14(12)18/h4-6,9-10,13-16H,3,7-8H2,1-2H3/q+1. The largest absolute Gasteiger partial charge is 0.367 e. The number of nitroso groups, excluding NO2 is 1. The number of allylic oxidation sites excluding steroid dienone is 2. The van der Waals surface area contributed by atoms with Gasteiger partial charge in [-0.15, -0.1) is 0 Å². The summed E-state index contributed by atoms with van der Waals surface area (Å²) in [6.45, 7) is 6.25. The Labute approximate surface area is 113 Å². The summed E-state index contributed by atoms with van der Waals surface area (Å²) in [5.41, 5.74) is 5.93. The molecule has 5 heteroatoms. The number of hydrogen-bond donors (Lipinski definition) is 2. The fourth-order valence-electron chi connectivity index (χ4n) is 3.40. The molecule has 3 aliphatic heterocycles. The van der Waals surface area contributed by atoms with Crippen molar-refractivity contribution >= 4 is 0 Å². The molecule has 3 heterocycles. The van der Waals surface area contributed by atoms with Crippen LogP contribution in [-0.2, 0) is 0 Å². The zero-order chi connectivity index (χ0) is 13.4. The van der Waals surface area contributed by atoms with Crippen molar-refractivity contribution in [3.63, 3.8) is 0 Å². The summed E-state index contributed by atoms with van der Waals surface area (Å²) < 4.78 is 1.17. The molecule has 0 radical (unpaired) electrons. The van der Waals surface area contributed by atoms with Gasteiger partial charge in [-0.2, -0.15) is 0 Å². The predicted molar refractivity (Wildman–Crippen MR) is 73.8 cm³/mol. The van der Waals surface area contributed by atoms with Crippen molar-refractivity contribution in [3.05, 3.63) is 40.6 Å². The van der Waals surface area contributed by atoms with E-state index < -0.39 is 0 Å². The first-order chi connectivity index (χ1) is 9.20. The summed E-state index contributed by atoms with van der Waals surface area (Å²) in [6, 6.07) is 0. The second kappa shape index (κ2) is 4.81. The maximum absolute atomic E-state index is 11.7. The van der Waals surface area contributed by atoms with Crippen LogP contribution in [0.2, 0.25) is 0 Å². The predicted octanol–water partition coefficient (Wildman–Crippen LogP) is 1.12. The first-order valence-electron chi connectivity index (χ1n) is 6.98. The van der Waals surface area contributed by atoms with E-state index in [1.165, 1.54) is 15.9 Å². The molecule has 102 valence electrons. The van der Waals surface area contributed by atoms with Gasteiger partial charge in [-0.3, -0.25) is 5.01 Å². The smallest absolute Gasteiger partial charge is 0.215 e. The van der Waals surface area contributed by atoms with Gasteiger partial charge in [0.25, 0.3) is 0 Å². The molecule has 1 fully saturated rings. The first kappa shape index (κ1) is 12.4. The van der Waals surface area contributed by atoms with Crippen molar-refractivity contribution < 1.29 is 4.76 Å². The molecule has 0 saturated carbocycles. The highest BCUT2D eigenvalue weighted by Gasteiger charge is 2.43. The van der Waals surface area contributed by atoms with E-state index in [1.807, 2.05) is 6.20 Å². The molecule has 0 aliphatic carbocycles. The van der Waals surface area contributed by atoms with Gasteiger partial charge >= 0.3 is 0 Å². The Morgan fingerprint density at radius 3 is 3.21 bits per heavy atom. The molecule has 3 aliphatic rings. The van der Waals surface area contributed by atoms with E-state index in [1.54, 1.807) is 0 Å². The van der Waals surface area contributed by atoms with E-state index >= 15 is 0 Å². The summed E-state index contributed by atoms with van der Waals surface area (Å²) in [4.78, 5) is 11.7. The molecule has 0 bridgehead atoms. The lowest BCUT2D eigenvalue weighted by molar-refractivity contribution is -0.557. The molecule has 3 rings (SSSR count). The number of piperidine rings is 1. The molecule has 0 spiro atoms. The van der Waals surface area contributed by atoms with Crippen molar-refractivity contribution in [2.24, 2.45) is 11.8 Å². The third kappa shape index (κ3) is 2.08. The molecular formula is C14H21N4O+. The molecule has 5 nitrogen and oxygen atoms in total. The monoisotopic (exact) mass is 261 g/mol. The fourth-order valence-corrected chi connectivity index (χ4v) is 3.40. The lowest BCUT2D eigenvalue weighted by Crippen LogP contribution is -2.56. The van der Waals surface area contributed by atoms with E-state index in [-0.39, 0.29) is 6.17 Å². The van der Waals surface area contributed by atoms with Crippen LogP contribution in [0, 0.1) is 16.7 Å². The minimum atomic E-state index is 0.166. The Morgan fingerprint density at radius 1 is 1.58 bits per heavy atom. The van der Waals surface area contributed by atoms with E-state index in [0.29, 0.717) is 24.9 Å². The number of nitrogens with zero attached hydrogens (tertiary/aromatic N) is 2. The lowest BCUT2D eigenvalue weighted by atomic mass is 9.75. The van der Waals surface area contributed by atoms with Crippen LogP contribution in [0.15, 0.2) is 35.7 Å². The Hall–Kier alpha value is -1.62. The van der Waals surface area contributed by atoms with Crippen molar-refractivity contribution in [1.29, 1.82) is 0 Å². The zero-order valence-corrected chi connectivity index (χ0v) is 11.5. The van der Waals surface area contributed by atoms with Gasteiger partial charge in [-0.25, -0.2) is 5.43 Å². The van der Waals surface area contributed by atoms with E-state index in [2.05, 4.69) is 48.0 Å². The Morgan fingerprint density at radius 2 is 2.42 bits per heavy atom. The van der Waals surface area contributed by atoms with Gasteiger partial charge in [0, 0.05) is 39.8 Å². The molecule has 19 heavy (non-hydrogen) atoms. The Kier molecular flexibility index (Phi) is 3.14. The summed E-state index contributed by atoms with van der Waals surface area (Å²) in [5.74, 6) is 0.755. The average molecular weight is 261 g/mol. The highest BCUT2D eigenvalue weighted by Crippen LogP contribution is 2.38. The third-order valence-electron chi connectivity index (χ3n) is 4.06. The van der Waals surface area contributed by atoms with Crippen LogP contribution in [0.5, 0.6) is 0 Å². The minimum Gasteiger partial charge on any atom is -0.367 e. The van der Waals surface area contributed by atoms with E-state index in [4.69, 9.17) is 0 Å². The molecular weight excluding hydrogens is 240 g/mol. The van der Waals surface area contributed by atoms with Gasteiger partial charge in [-0.05, 0) is 17.8 Å². The van der Waals surface area contributed by atoms with Crippen LogP contribution in [0.4, 0.5) is 0 Å². The number of hydrazine groups is 1. The molecule has 0 amide bonds. The van der Waals surface area contributed by atoms with Crippen LogP contribution in [-0.4, -0.2) is 35.6 Å². The minimum absolute atomic E-state index is 0.166. The second-order valence-corrected chi connectivity index (χ2v) is 5.50. The van der Waals surface area contributed by atoms with Crippen LogP contribution in [0.25, 0.3) is 0 Å². The summed E-state index contributed by atoms with van der Waals surface area (Å²) in [5, 5.41) is 5.49. The molecule has 0 aromatic heterocycles. The van der Waals surface area contributed by atoms with Crippen molar-refractivity contribution in [2.45, 2.75) is 20.0 Å². The zero-order valence-electron chi connectivity index (χ0n) is 11.5. The lowest BCUT2D eigenvalue weighted by Gasteiger charge is -2.44. The summed E-state index contributed by atoms with van der Waals surface area (Å²) in [6.07, 6.45) is 8.50. The van der Waals surface area contributed by atoms with Crippen molar-refractivity contribution in [3.8, 4) is 0 Å². The van der Waals surface area contributed by atoms with Gasteiger partial charge in [0.2, 0.25) is 6.54 Å². The SMILES string of the molecule is CCNN1C=C2C[N+](=O)CC(C)C2C2=CC=CNC21. The van der Waals surface area contributed by atoms with Gasteiger partial charge in [0.15, 0.2) is 6.54 Å². The Balaban J connectivity index is 2.00. The number of fused-ring (bicyclic) bond motifs is 3. The van der Waals surface area contributed by atoms with E-state index in [9.17, 15) is 4.91 Å². The molecule has 3 unspecified atom stereocenters. The number of nitrogens with one attached hydrogen (secondary N) is 2. The van der Waals surface area contributed by atoms with Gasteiger partial charge in [0.1, 0.15) is 6.17 Å². The van der Waals surface area contributed by atoms with Crippen LogP contribution < -0.4 is 10.7 Å². The average Bonchev–Trinajstić information content (AvgIpc) is 2.38. The summed E-state index contributed by atoms with van der Waals surface area (Å²) >= 11 is 0. The fraction of sp³-hybridized carbons (Fsp3) is 0.571. The summed E-state index contributed by atoms with van der Waals surface area (Å²) in [7, 11) is 0. The molecule has 0 aromatic carbocycles. The molecule has 3 atom stereocenters. The maximum Gasteiger partial charge on any atom is 0.215 e. The van der Waals surface area contributed by atoms with Gasteiger partial charge in [0.05, 0.1) is 0 Å². The van der Waals surface area contributed by atoms with Crippen molar-refractivity contribution in [2.75, 3.05) is 19.6 Å². The molecule has 0 aromatic rings. The van der Waals surface area contributed by atoms with Crippen molar-refractivity contribution in [1.82, 2.24) is 15.8 Å². The highest BCUT2D eigenvalue weighted by molar-refractivity contribution is 5.36. The number of rotatable bonds is 2. The second-order valence-electron chi connectivity index (χ2n) is 5.50. The van der Waals surface area contributed by atoms with E-state index in [0.717, 1.165) is 6.54 Å². The first-order valence-corrected chi connectivity index (χ1v) is 6.98. The third-order valence-corrected chi connectivity index (χ3v) is 4.06. The number of dihydropyridines is 1. The van der Waals surface area contributed by atoms with Crippen LogP contribution in [0.3, 0.4) is 0 Å². The van der Waals surface area contributed by atoms with Gasteiger partial charge in [-0.1, -0.05) is 19.9 Å². The maximum atomic E-state index is 11.7. The topological polar surface area (TPSA) is 47.4 Å².